The highest BCUT2D eigenvalue weighted by Crippen LogP contribution is 2.55. The summed E-state index contributed by atoms with van der Waals surface area (Å²) in [6, 6.07) is 2.30. The molecule has 4 nitrogen and oxygen atoms in total. The average molecular weight is 412 g/mol. The third-order valence-corrected chi connectivity index (χ3v) is 4.20. The Morgan fingerprint density at radius 3 is 1.07 bits per heavy atom. The van der Waals surface area contributed by atoms with Gasteiger partial charge in [-0.2, -0.15) is 26.3 Å². The lowest BCUT2D eigenvalue weighted by Crippen LogP contribution is -2.56. The third-order valence-electron chi connectivity index (χ3n) is 4.20. The first-order valence-corrected chi connectivity index (χ1v) is 7.43. The molecule has 0 amide bonds. The van der Waals surface area contributed by atoms with Gasteiger partial charge in [-0.3, -0.25) is 0 Å². The summed E-state index contributed by atoms with van der Waals surface area (Å²) >= 11 is 0. The molecule has 0 atom stereocenters. The highest BCUT2D eigenvalue weighted by atomic mass is 19.4. The van der Waals surface area contributed by atoms with Crippen LogP contribution in [0, 0.1) is 0 Å². The van der Waals surface area contributed by atoms with E-state index in [1.807, 2.05) is 0 Å². The first-order valence-electron chi connectivity index (χ1n) is 7.43. The van der Waals surface area contributed by atoms with Crippen molar-refractivity contribution in [3.63, 3.8) is 0 Å². The lowest BCUT2D eigenvalue weighted by Gasteiger charge is -2.38. The van der Waals surface area contributed by atoms with Crippen LogP contribution in [0.1, 0.15) is 11.1 Å². The number of rotatable bonds is 2. The topological polar surface area (TPSA) is 68.3 Å². The molecule has 148 valence electrons. The molecule has 0 saturated heterocycles. The van der Waals surface area contributed by atoms with Crippen molar-refractivity contribution in [2.24, 2.45) is 0 Å². The van der Waals surface area contributed by atoms with Gasteiger partial charge in [-0.1, -0.05) is 12.1 Å². The smallest absolute Gasteiger partial charge is 0.233 e. The lowest BCUT2D eigenvalue weighted by atomic mass is 9.72. The fourth-order valence-electron chi connectivity index (χ4n) is 2.88. The van der Waals surface area contributed by atoms with E-state index in [4.69, 9.17) is 0 Å². The monoisotopic (exact) mass is 412 g/mol. The molecule has 0 aliphatic rings. The largest absolute Gasteiger partial charge is 0.411 e. The molecule has 0 heterocycles. The summed E-state index contributed by atoms with van der Waals surface area (Å²) in [4.78, 5) is 43.3. The van der Waals surface area contributed by atoms with Crippen molar-refractivity contribution in [3.05, 3.63) is 68.4 Å². The van der Waals surface area contributed by atoms with Gasteiger partial charge in [0.15, 0.2) is 0 Å². The molecule has 0 bridgehead atoms. The van der Waals surface area contributed by atoms with Gasteiger partial charge in [0.25, 0.3) is 0 Å². The fourth-order valence-corrected chi connectivity index (χ4v) is 2.88. The molecule has 0 saturated carbocycles. The Kier molecular flexibility index (Phi) is 5.52. The summed E-state index contributed by atoms with van der Waals surface area (Å²) < 4.78 is 84.0. The molecule has 0 N–H and O–H groups in total. The van der Waals surface area contributed by atoms with Crippen LogP contribution in [0.15, 0.2) is 36.4 Å². The van der Waals surface area contributed by atoms with Crippen molar-refractivity contribution in [2.45, 2.75) is 17.8 Å². The maximum absolute atomic E-state index is 14.0. The minimum absolute atomic E-state index is 0.221. The summed E-state index contributed by atoms with van der Waals surface area (Å²) in [5.74, 6) is 4.60. The van der Waals surface area contributed by atoms with E-state index in [2.05, 4.69) is 0 Å². The summed E-state index contributed by atoms with van der Waals surface area (Å²) in [5, 5.41) is -2.91. The predicted molar refractivity (Wildman–Crippen MR) is 83.5 cm³/mol. The molecule has 0 aliphatic heterocycles. The van der Waals surface area contributed by atoms with Gasteiger partial charge in [-0.05, 0) is 35.4 Å². The van der Waals surface area contributed by atoms with Gasteiger partial charge in [-0.15, -0.1) is 0 Å². The van der Waals surface area contributed by atoms with Crippen molar-refractivity contribution < 1.29 is 45.5 Å². The van der Waals surface area contributed by atoms with Crippen molar-refractivity contribution in [1.29, 1.82) is 0 Å². The average Bonchev–Trinajstić information content (AvgIpc) is 2.65. The van der Waals surface area contributed by atoms with Crippen LogP contribution in [0.5, 0.6) is 0 Å². The molecule has 2 rings (SSSR count). The highest BCUT2D eigenvalue weighted by molar-refractivity contribution is 5.59. The Morgan fingerprint density at radius 2 is 0.828 bits per heavy atom. The van der Waals surface area contributed by atoms with E-state index in [-0.39, 0.29) is 12.1 Å². The molecule has 0 spiro atoms. The van der Waals surface area contributed by atoms with E-state index < -0.39 is 49.8 Å². The van der Waals surface area contributed by atoms with Crippen LogP contribution in [-0.4, -0.2) is 36.1 Å². The maximum atomic E-state index is 14.0. The number of hydrogen-bond donors (Lipinski definition) is 0. The minimum atomic E-state index is -6.01. The Morgan fingerprint density at radius 1 is 0.517 bits per heavy atom. The molecule has 0 radical (unpaired) electrons. The molecule has 2 aromatic carbocycles. The number of alkyl halides is 6. The molecule has 10 heteroatoms. The predicted octanol–water partition coefficient (Wildman–Crippen LogP) is -0.890. The molecular formula is C19H6F6O4. The molecule has 0 aromatic heterocycles. The van der Waals surface area contributed by atoms with E-state index in [9.17, 15) is 45.5 Å². The van der Waals surface area contributed by atoms with Crippen LogP contribution in [0.4, 0.5) is 26.3 Å². The number of carbonyl (C=O) groups excluding carboxylic acids is 4. The van der Waals surface area contributed by atoms with E-state index in [0.717, 1.165) is 11.9 Å². The van der Waals surface area contributed by atoms with Gasteiger partial charge in [0, 0.05) is 0 Å². The first-order chi connectivity index (χ1) is 13.5. The zero-order chi connectivity index (χ0) is 22.0. The second-order valence-electron chi connectivity index (χ2n) is 5.67. The second kappa shape index (κ2) is 7.40. The third kappa shape index (κ3) is 3.34. The van der Waals surface area contributed by atoms with Gasteiger partial charge in [0.1, 0.15) is 23.8 Å². The first kappa shape index (κ1) is 21.6. The van der Waals surface area contributed by atoms with E-state index in [1.165, 1.54) is 11.9 Å². The summed E-state index contributed by atoms with van der Waals surface area (Å²) in [6.45, 7) is 0. The van der Waals surface area contributed by atoms with E-state index >= 15 is 0 Å². The van der Waals surface area contributed by atoms with Crippen molar-refractivity contribution in [2.75, 3.05) is 0 Å². The van der Waals surface area contributed by atoms with E-state index in [0.29, 0.717) is 24.3 Å². The van der Waals surface area contributed by atoms with Gasteiger partial charge < -0.3 is 0 Å². The molecule has 29 heavy (non-hydrogen) atoms. The van der Waals surface area contributed by atoms with Crippen LogP contribution in [-0.2, 0) is 24.6 Å². The maximum Gasteiger partial charge on any atom is 0.411 e. The van der Waals surface area contributed by atoms with Crippen molar-refractivity contribution >= 4 is 23.8 Å². The van der Waals surface area contributed by atoms with Gasteiger partial charge in [-0.25, -0.2) is 19.2 Å². The highest BCUT2D eigenvalue weighted by Gasteiger charge is 2.72. The standard InChI is InChI=1S/C19H6F6O4/c20-18(21,22)17(19(23,24)25,15-3-1-11(7-26)13(5-15)9-28)16-4-2-12(8-27)14(6-16)10-29/h1-6H. The molecule has 0 aliphatic carbocycles. The Balaban J connectivity index is 3.21. The summed E-state index contributed by atoms with van der Waals surface area (Å²) in [5.41, 5.74) is -7.59. The van der Waals surface area contributed by atoms with Crippen LogP contribution < -0.4 is 20.9 Å². The second-order valence-corrected chi connectivity index (χ2v) is 5.67. The lowest BCUT2D eigenvalue weighted by molar-refractivity contribution is -0.288. The normalized spacial score (nSPS) is 11.8. The number of halogens is 6. The quantitative estimate of drug-likeness (QED) is 0.601. The Hall–Kier alpha value is -3.66. The molecule has 2 aromatic rings. The molecule has 0 fully saturated rings. The Bertz CT molecular complexity index is 1200. The molecular weight excluding hydrogens is 406 g/mol. The SMILES string of the molecule is O=C=c1ccc(C(c2ccc(=C=O)c(=C=O)c2)(C(F)(F)F)C(F)(F)F)cc1=C=O. The van der Waals surface area contributed by atoms with Crippen LogP contribution in [0.2, 0.25) is 0 Å². The van der Waals surface area contributed by atoms with Crippen LogP contribution in [0.25, 0.3) is 0 Å². The minimum Gasteiger partial charge on any atom is -0.233 e. The summed E-state index contributed by atoms with van der Waals surface area (Å²) in [7, 11) is 0. The summed E-state index contributed by atoms with van der Waals surface area (Å²) in [6.07, 6.45) is -12.0. The van der Waals surface area contributed by atoms with Gasteiger partial charge >= 0.3 is 12.4 Å². The van der Waals surface area contributed by atoms with Crippen molar-refractivity contribution in [1.82, 2.24) is 0 Å². The zero-order valence-electron chi connectivity index (χ0n) is 13.9. The fraction of sp³-hybridized carbons (Fsp3) is 0.158. The van der Waals surface area contributed by atoms with Crippen LogP contribution >= 0.6 is 0 Å². The van der Waals surface area contributed by atoms with E-state index in [1.54, 1.807) is 0 Å². The molecule has 0 unspecified atom stereocenters. The van der Waals surface area contributed by atoms with Crippen molar-refractivity contribution in [3.8, 4) is 0 Å². The number of hydrogen-bond acceptors (Lipinski definition) is 4. The zero-order valence-corrected chi connectivity index (χ0v) is 13.9. The van der Waals surface area contributed by atoms with Crippen LogP contribution in [0.3, 0.4) is 0 Å². The Labute approximate surface area is 156 Å². The van der Waals surface area contributed by atoms with Gasteiger partial charge in [0.05, 0.1) is 20.9 Å². The number of benzene rings is 2. The van der Waals surface area contributed by atoms with Gasteiger partial charge in [0.2, 0.25) is 5.41 Å².